The zero-order valence-corrected chi connectivity index (χ0v) is 12.2. The summed E-state index contributed by atoms with van der Waals surface area (Å²) in [5.74, 6) is 6.65. The number of pyridine rings is 1. The Morgan fingerprint density at radius 2 is 1.90 bits per heavy atom. The number of nitrogens with one attached hydrogen (secondary N) is 1. The standard InChI is InChI=1S/C16H21N3O/c1-11-4-5-14(16(20-3)12(11)2)15(19-17)10-13-6-8-18-9-7-13/h4-9,15,19H,10,17H2,1-3H3. The number of rotatable bonds is 5. The van der Waals surface area contributed by atoms with Gasteiger partial charge in [0.25, 0.3) is 0 Å². The molecule has 0 radical (unpaired) electrons. The molecule has 1 unspecified atom stereocenters. The van der Waals surface area contributed by atoms with Crippen LogP contribution in [-0.2, 0) is 6.42 Å². The van der Waals surface area contributed by atoms with Crippen LogP contribution in [0.15, 0.2) is 36.7 Å². The van der Waals surface area contributed by atoms with E-state index in [1.54, 1.807) is 19.5 Å². The lowest BCUT2D eigenvalue weighted by atomic mass is 9.95. The summed E-state index contributed by atoms with van der Waals surface area (Å²) >= 11 is 0. The first-order valence-electron chi connectivity index (χ1n) is 6.66. The Morgan fingerprint density at radius 1 is 1.20 bits per heavy atom. The molecule has 2 rings (SSSR count). The Kier molecular flexibility index (Phi) is 4.71. The van der Waals surface area contributed by atoms with Gasteiger partial charge in [-0.2, -0.15) is 0 Å². The van der Waals surface area contributed by atoms with E-state index in [-0.39, 0.29) is 6.04 Å². The maximum absolute atomic E-state index is 5.74. The topological polar surface area (TPSA) is 60.2 Å². The Hall–Kier alpha value is -1.91. The lowest BCUT2D eigenvalue weighted by Gasteiger charge is -2.21. The second kappa shape index (κ2) is 6.50. The number of hydrogen-bond acceptors (Lipinski definition) is 4. The van der Waals surface area contributed by atoms with Gasteiger partial charge < -0.3 is 4.74 Å². The number of hydrogen-bond donors (Lipinski definition) is 2. The number of aromatic nitrogens is 1. The fraction of sp³-hybridized carbons (Fsp3) is 0.312. The first kappa shape index (κ1) is 14.5. The smallest absolute Gasteiger partial charge is 0.126 e. The summed E-state index contributed by atoms with van der Waals surface area (Å²) in [4.78, 5) is 4.03. The van der Waals surface area contributed by atoms with Crippen LogP contribution in [-0.4, -0.2) is 12.1 Å². The molecule has 0 fully saturated rings. The molecule has 0 saturated heterocycles. The molecule has 1 aromatic heterocycles. The molecular formula is C16H21N3O. The largest absolute Gasteiger partial charge is 0.496 e. The molecule has 4 nitrogen and oxygen atoms in total. The number of nitrogens with two attached hydrogens (primary N) is 1. The van der Waals surface area contributed by atoms with Crippen molar-refractivity contribution < 1.29 is 4.74 Å². The summed E-state index contributed by atoms with van der Waals surface area (Å²) in [5.41, 5.74) is 7.52. The molecule has 0 amide bonds. The van der Waals surface area contributed by atoms with Crippen LogP contribution in [0.5, 0.6) is 5.75 Å². The summed E-state index contributed by atoms with van der Waals surface area (Å²) in [7, 11) is 1.70. The SMILES string of the molecule is COc1c(C(Cc2ccncc2)NN)ccc(C)c1C. The molecule has 0 bridgehead atoms. The second-order valence-corrected chi connectivity index (χ2v) is 4.91. The highest BCUT2D eigenvalue weighted by atomic mass is 16.5. The number of methoxy groups -OCH3 is 1. The van der Waals surface area contributed by atoms with E-state index in [2.05, 4.69) is 36.4 Å². The molecule has 106 valence electrons. The van der Waals surface area contributed by atoms with Gasteiger partial charge in [0, 0.05) is 18.0 Å². The summed E-state index contributed by atoms with van der Waals surface area (Å²) in [6.07, 6.45) is 4.37. The average Bonchev–Trinajstić information content (AvgIpc) is 2.48. The lowest BCUT2D eigenvalue weighted by molar-refractivity contribution is 0.395. The molecule has 3 N–H and O–H groups in total. The van der Waals surface area contributed by atoms with E-state index in [9.17, 15) is 0 Å². The van der Waals surface area contributed by atoms with Gasteiger partial charge in [-0.1, -0.05) is 12.1 Å². The summed E-state index contributed by atoms with van der Waals surface area (Å²) in [6, 6.07) is 8.18. The third-order valence-electron chi connectivity index (χ3n) is 3.68. The Bertz CT molecular complexity index is 569. The molecule has 0 aliphatic rings. The van der Waals surface area contributed by atoms with Gasteiger partial charge in [-0.05, 0) is 49.1 Å². The van der Waals surface area contributed by atoms with Gasteiger partial charge >= 0.3 is 0 Å². The van der Waals surface area contributed by atoms with Crippen LogP contribution in [0.1, 0.15) is 28.3 Å². The van der Waals surface area contributed by atoms with Crippen molar-refractivity contribution in [1.29, 1.82) is 0 Å². The first-order chi connectivity index (χ1) is 9.67. The van der Waals surface area contributed by atoms with Crippen molar-refractivity contribution in [3.05, 3.63) is 58.9 Å². The van der Waals surface area contributed by atoms with Crippen LogP contribution in [0.2, 0.25) is 0 Å². The van der Waals surface area contributed by atoms with E-state index in [1.807, 2.05) is 12.1 Å². The Labute approximate surface area is 120 Å². The van der Waals surface area contributed by atoms with Gasteiger partial charge in [0.2, 0.25) is 0 Å². The zero-order chi connectivity index (χ0) is 14.5. The van der Waals surface area contributed by atoms with Crippen molar-refractivity contribution >= 4 is 0 Å². The second-order valence-electron chi connectivity index (χ2n) is 4.91. The van der Waals surface area contributed by atoms with Gasteiger partial charge in [0.15, 0.2) is 0 Å². The minimum absolute atomic E-state index is 0.00616. The van der Waals surface area contributed by atoms with Crippen molar-refractivity contribution in [3.63, 3.8) is 0 Å². The van der Waals surface area contributed by atoms with E-state index in [0.29, 0.717) is 0 Å². The van der Waals surface area contributed by atoms with Crippen LogP contribution in [0.4, 0.5) is 0 Å². The summed E-state index contributed by atoms with van der Waals surface area (Å²) < 4.78 is 5.57. The molecule has 2 aromatic rings. The van der Waals surface area contributed by atoms with Crippen LogP contribution < -0.4 is 16.0 Å². The molecule has 1 aromatic carbocycles. The maximum atomic E-state index is 5.74. The van der Waals surface area contributed by atoms with Crippen LogP contribution in [0, 0.1) is 13.8 Å². The van der Waals surface area contributed by atoms with Gasteiger partial charge in [0.1, 0.15) is 5.75 Å². The lowest BCUT2D eigenvalue weighted by Crippen LogP contribution is -2.30. The van der Waals surface area contributed by atoms with E-state index in [1.165, 1.54) is 11.1 Å². The fourth-order valence-corrected chi connectivity index (χ4v) is 2.37. The number of ether oxygens (including phenoxy) is 1. The highest BCUT2D eigenvalue weighted by Gasteiger charge is 2.17. The Morgan fingerprint density at radius 3 is 2.50 bits per heavy atom. The molecule has 0 aliphatic carbocycles. The Balaban J connectivity index is 2.35. The van der Waals surface area contributed by atoms with Gasteiger partial charge in [0.05, 0.1) is 13.2 Å². The van der Waals surface area contributed by atoms with Crippen LogP contribution in [0.25, 0.3) is 0 Å². The normalized spacial score (nSPS) is 12.2. The molecule has 4 heteroatoms. The quantitative estimate of drug-likeness (QED) is 0.648. The van der Waals surface area contributed by atoms with E-state index in [4.69, 9.17) is 10.6 Å². The summed E-state index contributed by atoms with van der Waals surface area (Å²) in [6.45, 7) is 4.15. The van der Waals surface area contributed by atoms with E-state index in [0.717, 1.165) is 23.3 Å². The molecule has 20 heavy (non-hydrogen) atoms. The highest BCUT2D eigenvalue weighted by molar-refractivity contribution is 5.47. The predicted octanol–water partition coefficient (Wildman–Crippen LogP) is 2.45. The maximum Gasteiger partial charge on any atom is 0.126 e. The summed E-state index contributed by atoms with van der Waals surface area (Å²) in [5, 5.41) is 0. The van der Waals surface area contributed by atoms with Crippen molar-refractivity contribution in [2.75, 3.05) is 7.11 Å². The molecular weight excluding hydrogens is 250 g/mol. The number of benzene rings is 1. The zero-order valence-electron chi connectivity index (χ0n) is 12.2. The number of aryl methyl sites for hydroxylation is 1. The average molecular weight is 271 g/mol. The fourth-order valence-electron chi connectivity index (χ4n) is 2.37. The monoisotopic (exact) mass is 271 g/mol. The van der Waals surface area contributed by atoms with Crippen LogP contribution >= 0.6 is 0 Å². The minimum Gasteiger partial charge on any atom is -0.496 e. The van der Waals surface area contributed by atoms with Gasteiger partial charge in [-0.3, -0.25) is 16.3 Å². The highest BCUT2D eigenvalue weighted by Crippen LogP contribution is 2.32. The molecule has 0 saturated carbocycles. The third-order valence-corrected chi connectivity index (χ3v) is 3.68. The third kappa shape index (κ3) is 2.98. The van der Waals surface area contributed by atoms with E-state index >= 15 is 0 Å². The number of nitrogens with zero attached hydrogens (tertiary/aromatic N) is 1. The van der Waals surface area contributed by atoms with Crippen molar-refractivity contribution in [2.45, 2.75) is 26.3 Å². The first-order valence-corrected chi connectivity index (χ1v) is 6.66. The molecule has 1 atom stereocenters. The van der Waals surface area contributed by atoms with Gasteiger partial charge in [-0.15, -0.1) is 0 Å². The molecule has 0 aliphatic heterocycles. The minimum atomic E-state index is 0.00616. The van der Waals surface area contributed by atoms with Crippen LogP contribution in [0.3, 0.4) is 0 Å². The van der Waals surface area contributed by atoms with Crippen molar-refractivity contribution in [3.8, 4) is 5.75 Å². The predicted molar refractivity (Wildman–Crippen MR) is 80.5 cm³/mol. The molecule has 1 heterocycles. The van der Waals surface area contributed by atoms with Gasteiger partial charge in [-0.25, -0.2) is 0 Å². The van der Waals surface area contributed by atoms with E-state index < -0.39 is 0 Å². The van der Waals surface area contributed by atoms with Crippen molar-refractivity contribution in [2.24, 2.45) is 5.84 Å². The van der Waals surface area contributed by atoms with Crippen molar-refractivity contribution in [1.82, 2.24) is 10.4 Å². The number of hydrazine groups is 1. The molecule has 0 spiro atoms.